The summed E-state index contributed by atoms with van der Waals surface area (Å²) >= 11 is 1.25. The second-order valence-electron chi connectivity index (χ2n) is 7.35. The second-order valence-corrected chi connectivity index (χ2v) is 8.36. The first-order valence-electron chi connectivity index (χ1n) is 9.92. The number of aliphatic hydroxyl groups excluding tert-OH is 1. The van der Waals surface area contributed by atoms with Gasteiger partial charge in [-0.3, -0.25) is 24.6 Å². The number of aromatic nitrogens is 1. The summed E-state index contributed by atoms with van der Waals surface area (Å²) in [6.45, 7) is 0. The number of thiazole rings is 1. The van der Waals surface area contributed by atoms with Crippen molar-refractivity contribution in [1.29, 1.82) is 0 Å². The Morgan fingerprint density at radius 1 is 0.970 bits per heavy atom. The van der Waals surface area contributed by atoms with Crippen LogP contribution in [0.5, 0.6) is 0 Å². The zero-order valence-electron chi connectivity index (χ0n) is 16.9. The molecule has 3 aromatic carbocycles. The van der Waals surface area contributed by atoms with E-state index in [1.54, 1.807) is 36.4 Å². The lowest BCUT2D eigenvalue weighted by Crippen LogP contribution is -2.29. The molecule has 33 heavy (non-hydrogen) atoms. The zero-order chi connectivity index (χ0) is 23.1. The monoisotopic (exact) mass is 457 g/mol. The molecule has 0 saturated carbocycles. The smallest absolute Gasteiger partial charge is 0.301 e. The molecule has 1 N–H and O–H groups in total. The first-order valence-corrected chi connectivity index (χ1v) is 10.7. The molecule has 0 spiro atoms. The van der Waals surface area contributed by atoms with Crippen molar-refractivity contribution in [1.82, 2.24) is 4.98 Å². The summed E-state index contributed by atoms with van der Waals surface area (Å²) in [5, 5.41) is 22.5. The van der Waals surface area contributed by atoms with E-state index in [9.17, 15) is 24.8 Å². The number of ketones is 1. The van der Waals surface area contributed by atoms with Crippen LogP contribution in [0.2, 0.25) is 0 Å². The number of para-hydroxylation sites is 1. The second kappa shape index (κ2) is 7.95. The van der Waals surface area contributed by atoms with Gasteiger partial charge in [0.25, 0.3) is 11.5 Å². The molecule has 0 aliphatic carbocycles. The number of carbonyl (C=O) groups is 2. The molecule has 9 heteroatoms. The molecular weight excluding hydrogens is 442 g/mol. The van der Waals surface area contributed by atoms with Gasteiger partial charge in [-0.2, -0.15) is 0 Å². The maximum Gasteiger partial charge on any atom is 0.301 e. The van der Waals surface area contributed by atoms with Gasteiger partial charge in [-0.05, 0) is 29.8 Å². The van der Waals surface area contributed by atoms with Crippen LogP contribution < -0.4 is 4.90 Å². The Hall–Kier alpha value is -4.37. The van der Waals surface area contributed by atoms with Crippen LogP contribution in [0.25, 0.3) is 16.0 Å². The normalized spacial score (nSPS) is 17.6. The lowest BCUT2D eigenvalue weighted by molar-refractivity contribution is -0.384. The molecule has 4 aromatic rings. The van der Waals surface area contributed by atoms with E-state index < -0.39 is 22.7 Å². The fraction of sp³-hybridized carbons (Fsp3) is 0.0417. The number of fused-ring (bicyclic) bond motifs is 1. The summed E-state index contributed by atoms with van der Waals surface area (Å²) in [5.74, 6) is -1.99. The van der Waals surface area contributed by atoms with E-state index in [2.05, 4.69) is 4.98 Å². The number of nitrogens with zero attached hydrogens (tertiary/aromatic N) is 3. The van der Waals surface area contributed by atoms with Crippen molar-refractivity contribution in [3.8, 4) is 0 Å². The van der Waals surface area contributed by atoms with E-state index in [0.29, 0.717) is 21.8 Å². The highest BCUT2D eigenvalue weighted by Crippen LogP contribution is 2.44. The minimum atomic E-state index is -0.994. The van der Waals surface area contributed by atoms with Crippen LogP contribution in [0, 0.1) is 10.1 Å². The molecule has 1 unspecified atom stereocenters. The molecule has 1 amide bonds. The molecule has 8 nitrogen and oxygen atoms in total. The number of hydrogen-bond donors (Lipinski definition) is 1. The summed E-state index contributed by atoms with van der Waals surface area (Å²) in [4.78, 5) is 42.7. The van der Waals surface area contributed by atoms with Crippen molar-refractivity contribution in [2.75, 3.05) is 4.90 Å². The van der Waals surface area contributed by atoms with Gasteiger partial charge in [0.05, 0.1) is 26.8 Å². The summed E-state index contributed by atoms with van der Waals surface area (Å²) in [7, 11) is 0. The number of non-ortho nitro benzene ring substituents is 1. The molecule has 1 atom stereocenters. The lowest BCUT2D eigenvalue weighted by atomic mass is 9.95. The minimum absolute atomic E-state index is 0.0979. The first kappa shape index (κ1) is 20.5. The molecule has 5 rings (SSSR count). The predicted octanol–water partition coefficient (Wildman–Crippen LogP) is 4.83. The molecule has 1 aliphatic rings. The Labute approximate surface area is 191 Å². The standard InChI is InChI=1S/C24H15N3O5S/c28-21(15-6-2-1-3-7-15)19-20(14-10-12-16(13-11-14)27(31)32)26(23(30)22(19)29)24-25-17-8-4-5-9-18(17)33-24/h1-13,20,28H/b21-19-. The molecule has 0 bridgehead atoms. The number of rotatable bonds is 4. The van der Waals surface area contributed by atoms with Gasteiger partial charge in [-0.1, -0.05) is 53.8 Å². The number of nitro benzene ring substituents is 1. The number of aliphatic hydroxyl groups is 1. The van der Waals surface area contributed by atoms with Crippen molar-refractivity contribution in [3.63, 3.8) is 0 Å². The molecule has 1 aliphatic heterocycles. The SMILES string of the molecule is O=C1C(=O)N(c2nc3ccccc3s2)C(c2ccc([N+](=O)[O-])cc2)/C1=C(/O)c1ccccc1. The molecule has 162 valence electrons. The Bertz CT molecular complexity index is 1410. The van der Waals surface area contributed by atoms with Crippen LogP contribution in [0.3, 0.4) is 0 Å². The average molecular weight is 457 g/mol. The maximum atomic E-state index is 13.2. The first-order chi connectivity index (χ1) is 16.0. The fourth-order valence-corrected chi connectivity index (χ4v) is 4.83. The van der Waals surface area contributed by atoms with Gasteiger partial charge >= 0.3 is 5.91 Å². The van der Waals surface area contributed by atoms with Crippen molar-refractivity contribution in [2.24, 2.45) is 0 Å². The molecule has 1 aromatic heterocycles. The zero-order valence-corrected chi connectivity index (χ0v) is 17.7. The molecule has 0 radical (unpaired) electrons. The summed E-state index contributed by atoms with van der Waals surface area (Å²) in [5.41, 5.74) is 1.27. The molecular formula is C24H15N3O5S. The quantitative estimate of drug-likeness (QED) is 0.154. The van der Waals surface area contributed by atoms with E-state index in [0.717, 1.165) is 4.70 Å². The van der Waals surface area contributed by atoms with Gasteiger partial charge in [0.1, 0.15) is 5.76 Å². The highest BCUT2D eigenvalue weighted by Gasteiger charge is 2.48. The van der Waals surface area contributed by atoms with E-state index in [1.165, 1.54) is 40.5 Å². The van der Waals surface area contributed by atoms with Crippen LogP contribution in [0.15, 0.2) is 84.4 Å². The summed E-state index contributed by atoms with van der Waals surface area (Å²) < 4.78 is 0.833. The number of anilines is 1. The van der Waals surface area contributed by atoms with Gasteiger partial charge in [0.15, 0.2) is 5.13 Å². The Morgan fingerprint density at radius 3 is 2.30 bits per heavy atom. The summed E-state index contributed by atoms with van der Waals surface area (Å²) in [6, 6.07) is 20.4. The topological polar surface area (TPSA) is 114 Å². The van der Waals surface area contributed by atoms with E-state index in [-0.39, 0.29) is 17.0 Å². The van der Waals surface area contributed by atoms with E-state index >= 15 is 0 Å². The van der Waals surface area contributed by atoms with E-state index in [4.69, 9.17) is 0 Å². The third kappa shape index (κ3) is 3.44. The van der Waals surface area contributed by atoms with E-state index in [1.807, 2.05) is 18.2 Å². The van der Waals surface area contributed by atoms with Crippen LogP contribution in [-0.4, -0.2) is 26.7 Å². The Kier molecular flexibility index (Phi) is 4.95. The third-order valence-electron chi connectivity index (χ3n) is 5.40. The number of Topliss-reactive ketones (excluding diaryl/α,β-unsaturated/α-hetero) is 1. The number of hydrogen-bond acceptors (Lipinski definition) is 7. The minimum Gasteiger partial charge on any atom is -0.507 e. The highest BCUT2D eigenvalue weighted by molar-refractivity contribution is 7.22. The van der Waals surface area contributed by atoms with Crippen molar-refractivity contribution in [3.05, 3.63) is 106 Å². The number of amides is 1. The van der Waals surface area contributed by atoms with Gasteiger partial charge in [-0.25, -0.2) is 4.98 Å². The Balaban J connectivity index is 1.73. The maximum absolute atomic E-state index is 13.2. The number of benzene rings is 3. The molecule has 1 fully saturated rings. The van der Waals surface area contributed by atoms with Gasteiger partial charge in [-0.15, -0.1) is 0 Å². The fourth-order valence-electron chi connectivity index (χ4n) is 3.84. The average Bonchev–Trinajstić information content (AvgIpc) is 3.38. The largest absolute Gasteiger partial charge is 0.507 e. The van der Waals surface area contributed by atoms with Crippen molar-refractivity contribution < 1.29 is 19.6 Å². The molecule has 1 saturated heterocycles. The molecule has 2 heterocycles. The lowest BCUT2D eigenvalue weighted by Gasteiger charge is -2.22. The van der Waals surface area contributed by atoms with Gasteiger partial charge in [0, 0.05) is 17.7 Å². The van der Waals surface area contributed by atoms with Crippen molar-refractivity contribution in [2.45, 2.75) is 6.04 Å². The predicted molar refractivity (Wildman–Crippen MR) is 124 cm³/mol. The van der Waals surface area contributed by atoms with Crippen LogP contribution in [-0.2, 0) is 9.59 Å². The van der Waals surface area contributed by atoms with Gasteiger partial charge < -0.3 is 5.11 Å². The summed E-state index contributed by atoms with van der Waals surface area (Å²) in [6.07, 6.45) is 0. The van der Waals surface area contributed by atoms with Crippen LogP contribution in [0.1, 0.15) is 17.2 Å². The van der Waals surface area contributed by atoms with Crippen LogP contribution >= 0.6 is 11.3 Å². The number of nitro groups is 1. The van der Waals surface area contributed by atoms with Crippen LogP contribution in [0.4, 0.5) is 10.8 Å². The Morgan fingerprint density at radius 2 is 1.64 bits per heavy atom. The third-order valence-corrected chi connectivity index (χ3v) is 6.44. The highest BCUT2D eigenvalue weighted by atomic mass is 32.1. The number of carbonyl (C=O) groups excluding carboxylic acids is 2. The van der Waals surface area contributed by atoms with Gasteiger partial charge in [0.2, 0.25) is 0 Å². The van der Waals surface area contributed by atoms with Crippen molar-refractivity contribution >= 4 is 49.8 Å².